The Balaban J connectivity index is 1.58. The van der Waals surface area contributed by atoms with E-state index < -0.39 is 18.4 Å². The van der Waals surface area contributed by atoms with Crippen molar-refractivity contribution < 1.29 is 14.9 Å². The fourth-order valence-electron chi connectivity index (χ4n) is 3.02. The molecule has 1 saturated heterocycles. The quantitative estimate of drug-likeness (QED) is 0.638. The van der Waals surface area contributed by atoms with Crippen LogP contribution in [0.15, 0.2) is 43.0 Å². The summed E-state index contributed by atoms with van der Waals surface area (Å²) < 4.78 is 7.45. The Kier molecular flexibility index (Phi) is 4.31. The predicted octanol–water partition coefficient (Wildman–Crippen LogP) is 1.08. The van der Waals surface area contributed by atoms with Crippen molar-refractivity contribution in [3.05, 3.63) is 48.5 Å². The van der Waals surface area contributed by atoms with Gasteiger partial charge in [0.25, 0.3) is 0 Å². The SMILES string of the molecule is OC[C@H]1O[C@@H](n2cnc3c(NCc4ccccc4)ncnc32)C[C@@H]1O. The molecule has 1 aliphatic rings. The van der Waals surface area contributed by atoms with E-state index in [1.165, 1.54) is 6.33 Å². The molecular formula is C17H19N5O3. The van der Waals surface area contributed by atoms with Gasteiger partial charge in [0.05, 0.1) is 19.0 Å². The number of benzene rings is 1. The first kappa shape index (κ1) is 15.9. The Labute approximate surface area is 144 Å². The fourth-order valence-corrected chi connectivity index (χ4v) is 3.02. The minimum Gasteiger partial charge on any atom is -0.394 e. The maximum Gasteiger partial charge on any atom is 0.167 e. The Morgan fingerprint density at radius 1 is 1.20 bits per heavy atom. The van der Waals surface area contributed by atoms with E-state index in [-0.39, 0.29) is 6.61 Å². The normalized spacial score (nSPS) is 23.2. The molecule has 2 aromatic heterocycles. The maximum absolute atomic E-state index is 9.93. The third kappa shape index (κ3) is 3.07. The van der Waals surface area contributed by atoms with Crippen LogP contribution in [0.2, 0.25) is 0 Å². The Hall–Kier alpha value is -2.55. The van der Waals surface area contributed by atoms with Gasteiger partial charge in [-0.15, -0.1) is 0 Å². The molecular weight excluding hydrogens is 322 g/mol. The number of fused-ring (bicyclic) bond motifs is 1. The number of ether oxygens (including phenoxy) is 1. The molecule has 3 aromatic rings. The molecule has 0 amide bonds. The number of hydrogen-bond acceptors (Lipinski definition) is 7. The Morgan fingerprint density at radius 3 is 2.80 bits per heavy atom. The first-order chi connectivity index (χ1) is 12.3. The Bertz CT molecular complexity index is 854. The topological polar surface area (TPSA) is 105 Å². The van der Waals surface area contributed by atoms with Crippen molar-refractivity contribution in [2.75, 3.05) is 11.9 Å². The van der Waals surface area contributed by atoms with E-state index in [2.05, 4.69) is 20.3 Å². The molecule has 0 aliphatic carbocycles. The zero-order chi connectivity index (χ0) is 17.2. The van der Waals surface area contributed by atoms with Crippen LogP contribution in [-0.2, 0) is 11.3 Å². The molecule has 0 saturated carbocycles. The lowest BCUT2D eigenvalue weighted by molar-refractivity contribution is -0.0432. The van der Waals surface area contributed by atoms with Crippen LogP contribution in [0, 0.1) is 0 Å². The van der Waals surface area contributed by atoms with E-state index in [4.69, 9.17) is 4.74 Å². The van der Waals surface area contributed by atoms with Crippen molar-refractivity contribution in [1.29, 1.82) is 0 Å². The Morgan fingerprint density at radius 2 is 2.04 bits per heavy atom. The number of aromatic nitrogens is 4. The standard InChI is InChI=1S/C17H19N5O3/c23-8-13-12(24)6-14(25-13)22-10-21-15-16(19-9-20-17(15)22)18-7-11-4-2-1-3-5-11/h1-5,9-10,12-14,23-24H,6-8H2,(H,18,19,20)/t12-,13+,14+/m0/s1. The molecule has 1 aliphatic heterocycles. The lowest BCUT2D eigenvalue weighted by Gasteiger charge is -2.13. The minimum absolute atomic E-state index is 0.219. The van der Waals surface area contributed by atoms with Gasteiger partial charge in [0.2, 0.25) is 0 Å². The van der Waals surface area contributed by atoms with E-state index in [1.807, 2.05) is 30.3 Å². The largest absolute Gasteiger partial charge is 0.394 e. The molecule has 25 heavy (non-hydrogen) atoms. The van der Waals surface area contributed by atoms with Crippen molar-refractivity contribution in [2.45, 2.75) is 31.4 Å². The number of anilines is 1. The van der Waals surface area contributed by atoms with Gasteiger partial charge in [-0.2, -0.15) is 0 Å². The van der Waals surface area contributed by atoms with Crippen molar-refractivity contribution >= 4 is 17.0 Å². The smallest absolute Gasteiger partial charge is 0.167 e. The van der Waals surface area contributed by atoms with E-state index in [9.17, 15) is 10.2 Å². The van der Waals surface area contributed by atoms with Crippen LogP contribution in [-0.4, -0.2) is 48.5 Å². The average Bonchev–Trinajstić information content (AvgIpc) is 3.24. The molecule has 1 aromatic carbocycles. The summed E-state index contributed by atoms with van der Waals surface area (Å²) in [7, 11) is 0. The minimum atomic E-state index is -0.704. The molecule has 3 N–H and O–H groups in total. The van der Waals surface area contributed by atoms with Gasteiger partial charge in [-0.3, -0.25) is 4.57 Å². The monoisotopic (exact) mass is 341 g/mol. The summed E-state index contributed by atoms with van der Waals surface area (Å²) >= 11 is 0. The number of nitrogens with zero attached hydrogens (tertiary/aromatic N) is 4. The molecule has 4 rings (SSSR count). The van der Waals surface area contributed by atoms with Gasteiger partial charge in [0.1, 0.15) is 18.7 Å². The van der Waals surface area contributed by atoms with Crippen LogP contribution in [0.3, 0.4) is 0 Å². The highest BCUT2D eigenvalue weighted by Crippen LogP contribution is 2.31. The van der Waals surface area contributed by atoms with Crippen molar-refractivity contribution in [1.82, 2.24) is 19.5 Å². The van der Waals surface area contributed by atoms with Crippen LogP contribution in [0.5, 0.6) is 0 Å². The van der Waals surface area contributed by atoms with Gasteiger partial charge in [0, 0.05) is 13.0 Å². The molecule has 0 bridgehead atoms. The van der Waals surface area contributed by atoms with E-state index >= 15 is 0 Å². The molecule has 1 fully saturated rings. The summed E-state index contributed by atoms with van der Waals surface area (Å²) in [5.41, 5.74) is 2.41. The van der Waals surface area contributed by atoms with Gasteiger partial charge < -0.3 is 20.3 Å². The highest BCUT2D eigenvalue weighted by Gasteiger charge is 2.35. The molecule has 3 atom stereocenters. The van der Waals surface area contributed by atoms with Crippen LogP contribution in [0.25, 0.3) is 11.2 Å². The number of aliphatic hydroxyl groups is 2. The lowest BCUT2D eigenvalue weighted by Crippen LogP contribution is -2.24. The van der Waals surface area contributed by atoms with Gasteiger partial charge in [0.15, 0.2) is 17.0 Å². The highest BCUT2D eigenvalue weighted by atomic mass is 16.5. The van der Waals surface area contributed by atoms with E-state index in [1.54, 1.807) is 10.9 Å². The average molecular weight is 341 g/mol. The van der Waals surface area contributed by atoms with Gasteiger partial charge in [-0.1, -0.05) is 30.3 Å². The van der Waals surface area contributed by atoms with Crippen molar-refractivity contribution in [3.8, 4) is 0 Å². The van der Waals surface area contributed by atoms with Crippen LogP contribution >= 0.6 is 0 Å². The number of imidazole rings is 1. The summed E-state index contributed by atoms with van der Waals surface area (Å²) in [4.78, 5) is 13.0. The van der Waals surface area contributed by atoms with Gasteiger partial charge >= 0.3 is 0 Å². The molecule has 3 heterocycles. The number of nitrogens with one attached hydrogen (secondary N) is 1. The third-order valence-corrected chi connectivity index (χ3v) is 4.36. The van der Waals surface area contributed by atoms with Crippen LogP contribution < -0.4 is 5.32 Å². The van der Waals surface area contributed by atoms with Crippen molar-refractivity contribution in [2.24, 2.45) is 0 Å². The molecule has 8 heteroatoms. The molecule has 0 radical (unpaired) electrons. The summed E-state index contributed by atoms with van der Waals surface area (Å²) in [6.45, 7) is 0.411. The van der Waals surface area contributed by atoms with Crippen LogP contribution in [0.4, 0.5) is 5.82 Å². The molecule has 0 unspecified atom stereocenters. The summed E-state index contributed by atoms with van der Waals surface area (Å²) in [6.07, 6.45) is 1.79. The lowest BCUT2D eigenvalue weighted by atomic mass is 10.2. The first-order valence-electron chi connectivity index (χ1n) is 8.16. The molecule has 130 valence electrons. The zero-order valence-electron chi connectivity index (χ0n) is 13.5. The van der Waals surface area contributed by atoms with Gasteiger partial charge in [-0.05, 0) is 5.56 Å². The second-order valence-corrected chi connectivity index (χ2v) is 6.00. The second-order valence-electron chi connectivity index (χ2n) is 6.00. The van der Waals surface area contributed by atoms with Gasteiger partial charge in [-0.25, -0.2) is 15.0 Å². The van der Waals surface area contributed by atoms with Crippen molar-refractivity contribution in [3.63, 3.8) is 0 Å². The summed E-state index contributed by atoms with van der Waals surface area (Å²) in [5.74, 6) is 0.643. The third-order valence-electron chi connectivity index (χ3n) is 4.36. The summed E-state index contributed by atoms with van der Waals surface area (Å²) in [6, 6.07) is 10.0. The summed E-state index contributed by atoms with van der Waals surface area (Å²) in [5, 5.41) is 22.5. The number of rotatable bonds is 5. The molecule has 8 nitrogen and oxygen atoms in total. The van der Waals surface area contributed by atoms with E-state index in [0.29, 0.717) is 29.9 Å². The zero-order valence-corrected chi connectivity index (χ0v) is 13.5. The maximum atomic E-state index is 9.93. The van der Waals surface area contributed by atoms with Crippen LogP contribution in [0.1, 0.15) is 18.2 Å². The van der Waals surface area contributed by atoms with E-state index in [0.717, 1.165) is 5.56 Å². The predicted molar refractivity (Wildman–Crippen MR) is 90.7 cm³/mol. The first-order valence-corrected chi connectivity index (χ1v) is 8.16. The number of hydrogen-bond donors (Lipinski definition) is 3. The highest BCUT2D eigenvalue weighted by molar-refractivity contribution is 5.82. The molecule has 0 spiro atoms. The number of aliphatic hydroxyl groups excluding tert-OH is 2. The second kappa shape index (κ2) is 6.75. The fraction of sp³-hybridized carbons (Fsp3) is 0.353.